The normalized spacial score (nSPS) is 44.3. The van der Waals surface area contributed by atoms with E-state index >= 15 is 0 Å². The molecule has 0 radical (unpaired) electrons. The van der Waals surface area contributed by atoms with Crippen LogP contribution in [-0.4, -0.2) is 22.9 Å². The Morgan fingerprint density at radius 3 is 3.09 bits per heavy atom. The van der Waals surface area contributed by atoms with Crippen molar-refractivity contribution in [1.82, 2.24) is 0 Å². The Kier molecular flexibility index (Phi) is 1.55. The molecule has 2 rings (SSSR count). The van der Waals surface area contributed by atoms with Gasteiger partial charge in [0.25, 0.3) is 0 Å². The minimum atomic E-state index is -0.451. The van der Waals surface area contributed by atoms with Gasteiger partial charge >= 0.3 is 0 Å². The van der Waals surface area contributed by atoms with E-state index in [1.807, 2.05) is 0 Å². The van der Waals surface area contributed by atoms with Crippen molar-refractivity contribution < 1.29 is 9.84 Å². The van der Waals surface area contributed by atoms with Crippen LogP contribution in [0.2, 0.25) is 0 Å². The van der Waals surface area contributed by atoms with E-state index in [1.165, 1.54) is 12.8 Å². The monoisotopic (exact) mass is 154 g/mol. The highest BCUT2D eigenvalue weighted by atomic mass is 16.6. The fourth-order valence-corrected chi connectivity index (χ4v) is 2.09. The number of fused-ring (bicyclic) bond motifs is 1. The third-order valence-electron chi connectivity index (χ3n) is 2.86. The zero-order valence-corrected chi connectivity index (χ0v) is 6.62. The molecule has 0 spiro atoms. The van der Waals surface area contributed by atoms with E-state index in [1.54, 1.807) is 6.08 Å². The van der Waals surface area contributed by atoms with Gasteiger partial charge in [-0.1, -0.05) is 18.9 Å². The molecular formula is C9H14O2. The molecule has 11 heavy (non-hydrogen) atoms. The van der Waals surface area contributed by atoms with Crippen molar-refractivity contribution in [3.8, 4) is 0 Å². The molecule has 0 amide bonds. The van der Waals surface area contributed by atoms with Crippen molar-refractivity contribution in [2.75, 3.05) is 0 Å². The third-order valence-corrected chi connectivity index (χ3v) is 2.86. The minimum Gasteiger partial charge on any atom is -0.386 e. The number of epoxide rings is 1. The second-order valence-corrected chi connectivity index (χ2v) is 3.49. The van der Waals surface area contributed by atoms with Crippen molar-refractivity contribution in [3.63, 3.8) is 0 Å². The van der Waals surface area contributed by atoms with Gasteiger partial charge in [-0.2, -0.15) is 0 Å². The van der Waals surface area contributed by atoms with Crippen molar-refractivity contribution >= 4 is 0 Å². The zero-order chi connectivity index (χ0) is 7.90. The zero-order valence-electron chi connectivity index (χ0n) is 6.62. The van der Waals surface area contributed by atoms with Crippen LogP contribution in [0.5, 0.6) is 0 Å². The Hall–Kier alpha value is -0.340. The minimum absolute atomic E-state index is 0.208. The van der Waals surface area contributed by atoms with Gasteiger partial charge < -0.3 is 9.84 Å². The summed E-state index contributed by atoms with van der Waals surface area (Å²) in [4.78, 5) is 0. The van der Waals surface area contributed by atoms with Gasteiger partial charge in [0, 0.05) is 0 Å². The second kappa shape index (κ2) is 2.32. The number of hydrogen-bond acceptors (Lipinski definition) is 2. The highest BCUT2D eigenvalue weighted by Gasteiger charge is 2.60. The lowest BCUT2D eigenvalue weighted by atomic mass is 9.85. The van der Waals surface area contributed by atoms with Crippen molar-refractivity contribution in [1.29, 1.82) is 0 Å². The van der Waals surface area contributed by atoms with Crippen LogP contribution in [0.3, 0.4) is 0 Å². The van der Waals surface area contributed by atoms with Gasteiger partial charge in [-0.3, -0.25) is 0 Å². The van der Waals surface area contributed by atoms with E-state index in [2.05, 4.69) is 6.58 Å². The van der Waals surface area contributed by atoms with Crippen LogP contribution in [0.15, 0.2) is 12.7 Å². The number of rotatable bonds is 2. The first-order chi connectivity index (χ1) is 5.29. The molecule has 0 bridgehead atoms. The maximum absolute atomic E-state index is 9.54. The molecule has 2 nitrogen and oxygen atoms in total. The number of hydrogen-bond donors (Lipinski definition) is 1. The van der Waals surface area contributed by atoms with Crippen LogP contribution >= 0.6 is 0 Å². The Morgan fingerprint density at radius 2 is 2.45 bits per heavy atom. The average Bonchev–Trinajstić information content (AvgIpc) is 2.78. The van der Waals surface area contributed by atoms with E-state index in [0.717, 1.165) is 12.8 Å². The summed E-state index contributed by atoms with van der Waals surface area (Å²) < 4.78 is 5.50. The summed E-state index contributed by atoms with van der Waals surface area (Å²) in [6, 6.07) is 0. The molecule has 0 aromatic heterocycles. The van der Waals surface area contributed by atoms with Crippen LogP contribution in [-0.2, 0) is 4.74 Å². The molecule has 3 atom stereocenters. The standard InChI is InChI=1S/C9H14O2/c1-2-7(10)9-6-4-3-5-8(9)11-9/h2,7-8,10H,1,3-6H2/t7-,8+,9+/m0/s1. The quantitative estimate of drug-likeness (QED) is 0.479. The summed E-state index contributed by atoms with van der Waals surface area (Å²) in [5.74, 6) is 0. The van der Waals surface area contributed by atoms with E-state index < -0.39 is 6.10 Å². The van der Waals surface area contributed by atoms with Gasteiger partial charge in [-0.15, -0.1) is 6.58 Å². The van der Waals surface area contributed by atoms with Gasteiger partial charge in [0.1, 0.15) is 11.7 Å². The first kappa shape index (κ1) is 7.32. The highest BCUT2D eigenvalue weighted by molar-refractivity contribution is 5.13. The first-order valence-electron chi connectivity index (χ1n) is 4.28. The molecule has 0 aromatic rings. The van der Waals surface area contributed by atoms with Crippen LogP contribution in [0.25, 0.3) is 0 Å². The lowest BCUT2D eigenvalue weighted by Gasteiger charge is -2.19. The van der Waals surface area contributed by atoms with Crippen LogP contribution < -0.4 is 0 Å². The molecule has 62 valence electrons. The fourth-order valence-electron chi connectivity index (χ4n) is 2.09. The SMILES string of the molecule is C=C[C@H](O)[C@]12CCCC[C@H]1O2. The Labute approximate surface area is 66.9 Å². The maximum atomic E-state index is 9.54. The molecule has 2 heteroatoms. The van der Waals surface area contributed by atoms with E-state index in [-0.39, 0.29) is 5.60 Å². The Morgan fingerprint density at radius 1 is 1.64 bits per heavy atom. The summed E-state index contributed by atoms with van der Waals surface area (Å²) in [6.45, 7) is 3.58. The van der Waals surface area contributed by atoms with E-state index in [0.29, 0.717) is 6.10 Å². The molecule has 1 aliphatic carbocycles. The molecule has 0 aromatic carbocycles. The number of aliphatic hydroxyl groups excluding tert-OH is 1. The average molecular weight is 154 g/mol. The highest BCUT2D eigenvalue weighted by Crippen LogP contribution is 2.50. The van der Waals surface area contributed by atoms with E-state index in [9.17, 15) is 5.11 Å². The Bertz CT molecular complexity index is 178. The molecule has 2 aliphatic rings. The maximum Gasteiger partial charge on any atom is 0.124 e. The van der Waals surface area contributed by atoms with Crippen molar-refractivity contribution in [3.05, 3.63) is 12.7 Å². The van der Waals surface area contributed by atoms with Crippen LogP contribution in [0.1, 0.15) is 25.7 Å². The molecule has 1 saturated carbocycles. The summed E-state index contributed by atoms with van der Waals surface area (Å²) in [5, 5.41) is 9.54. The molecule has 0 unspecified atom stereocenters. The summed E-state index contributed by atoms with van der Waals surface area (Å²) in [6.07, 6.45) is 6.01. The summed E-state index contributed by atoms with van der Waals surface area (Å²) >= 11 is 0. The largest absolute Gasteiger partial charge is 0.386 e. The lowest BCUT2D eigenvalue weighted by Crippen LogP contribution is -2.32. The van der Waals surface area contributed by atoms with Gasteiger partial charge in [0.15, 0.2) is 0 Å². The molecule has 1 saturated heterocycles. The topological polar surface area (TPSA) is 32.8 Å². The number of ether oxygens (including phenoxy) is 1. The lowest BCUT2D eigenvalue weighted by molar-refractivity contribution is 0.104. The van der Waals surface area contributed by atoms with Crippen molar-refractivity contribution in [2.45, 2.75) is 43.5 Å². The van der Waals surface area contributed by atoms with Gasteiger partial charge in [0.05, 0.1) is 6.10 Å². The molecule has 2 fully saturated rings. The third kappa shape index (κ3) is 0.932. The summed E-state index contributed by atoms with van der Waals surface area (Å²) in [7, 11) is 0. The van der Waals surface area contributed by atoms with E-state index in [4.69, 9.17) is 4.74 Å². The van der Waals surface area contributed by atoms with Crippen molar-refractivity contribution in [2.24, 2.45) is 0 Å². The predicted molar refractivity (Wildman–Crippen MR) is 42.3 cm³/mol. The van der Waals surface area contributed by atoms with Gasteiger partial charge in [-0.25, -0.2) is 0 Å². The molecule has 1 heterocycles. The molecule has 1 aliphatic heterocycles. The van der Waals surface area contributed by atoms with Crippen LogP contribution in [0.4, 0.5) is 0 Å². The first-order valence-corrected chi connectivity index (χ1v) is 4.28. The fraction of sp³-hybridized carbons (Fsp3) is 0.778. The number of aliphatic hydroxyl groups is 1. The van der Waals surface area contributed by atoms with Gasteiger partial charge in [0.2, 0.25) is 0 Å². The van der Waals surface area contributed by atoms with Gasteiger partial charge in [-0.05, 0) is 12.8 Å². The smallest absolute Gasteiger partial charge is 0.124 e. The second-order valence-electron chi connectivity index (χ2n) is 3.49. The predicted octanol–water partition coefficient (Wildman–Crippen LogP) is 1.24. The Balaban J connectivity index is 2.06. The molecule has 1 N–H and O–H groups in total. The summed E-state index contributed by atoms with van der Waals surface area (Å²) in [5.41, 5.74) is -0.208. The van der Waals surface area contributed by atoms with Crippen LogP contribution in [0, 0.1) is 0 Å². The molecular weight excluding hydrogens is 140 g/mol.